The van der Waals surface area contributed by atoms with Crippen LogP contribution < -0.4 is 15.4 Å². The lowest BCUT2D eigenvalue weighted by Crippen LogP contribution is -2.43. The third kappa shape index (κ3) is 8.78. The molecule has 172 valence electrons. The molecule has 0 amide bonds. The lowest BCUT2D eigenvalue weighted by Gasteiger charge is -2.27. The molecule has 2 aromatic carbocycles. The first-order valence-corrected chi connectivity index (χ1v) is 11.9. The second kappa shape index (κ2) is 12.4. The van der Waals surface area contributed by atoms with E-state index in [1.165, 1.54) is 18.2 Å². The lowest BCUT2D eigenvalue weighted by atomic mass is 9.84. The molecular formula is C23H35IN4O2S. The summed E-state index contributed by atoms with van der Waals surface area (Å²) in [7, 11) is -0.117. The molecule has 8 heteroatoms. The van der Waals surface area contributed by atoms with Gasteiger partial charge in [0.25, 0.3) is 0 Å². The summed E-state index contributed by atoms with van der Waals surface area (Å²) in [6.45, 7) is 7.86. The molecule has 0 heterocycles. The molecule has 0 aliphatic rings. The minimum atomic E-state index is -3.29. The Bertz CT molecular complexity index is 958. The van der Waals surface area contributed by atoms with Gasteiger partial charge in [0.2, 0.25) is 10.0 Å². The number of benzene rings is 2. The predicted molar refractivity (Wildman–Crippen MR) is 141 cm³/mol. The van der Waals surface area contributed by atoms with E-state index in [0.717, 1.165) is 24.1 Å². The van der Waals surface area contributed by atoms with Gasteiger partial charge in [-0.1, -0.05) is 69.3 Å². The number of aliphatic imine (C=N–C) groups is 1. The Balaban J connectivity index is 0.00000480. The summed E-state index contributed by atoms with van der Waals surface area (Å²) >= 11 is 0. The van der Waals surface area contributed by atoms with Crippen LogP contribution in [0.1, 0.15) is 43.0 Å². The highest BCUT2D eigenvalue weighted by Gasteiger charge is 2.21. The Morgan fingerprint density at radius 2 is 1.65 bits per heavy atom. The van der Waals surface area contributed by atoms with Crippen LogP contribution in [0.2, 0.25) is 0 Å². The summed E-state index contributed by atoms with van der Waals surface area (Å²) in [5.41, 5.74) is 4.32. The fourth-order valence-electron chi connectivity index (χ4n) is 3.13. The smallest absolute Gasteiger partial charge is 0.215 e. The molecule has 0 saturated carbocycles. The molecule has 31 heavy (non-hydrogen) atoms. The van der Waals surface area contributed by atoms with Crippen molar-refractivity contribution in [2.45, 2.75) is 44.9 Å². The maximum Gasteiger partial charge on any atom is 0.215 e. The molecule has 0 aliphatic carbocycles. The Hall–Kier alpha value is -1.65. The van der Waals surface area contributed by atoms with Crippen molar-refractivity contribution in [3.63, 3.8) is 0 Å². The van der Waals surface area contributed by atoms with E-state index in [-0.39, 0.29) is 35.1 Å². The fraction of sp³-hybridized carbons (Fsp3) is 0.435. The van der Waals surface area contributed by atoms with Gasteiger partial charge in [0.05, 0.1) is 5.75 Å². The molecule has 0 radical (unpaired) electrons. The average Bonchev–Trinajstić information content (AvgIpc) is 2.74. The minimum Gasteiger partial charge on any atom is -0.356 e. The van der Waals surface area contributed by atoms with Gasteiger partial charge in [-0.3, -0.25) is 4.99 Å². The monoisotopic (exact) mass is 558 g/mol. The molecule has 0 atom stereocenters. The van der Waals surface area contributed by atoms with Crippen LogP contribution in [0.4, 0.5) is 0 Å². The van der Waals surface area contributed by atoms with Crippen molar-refractivity contribution in [3.8, 4) is 0 Å². The number of halogens is 1. The normalized spacial score (nSPS) is 12.2. The summed E-state index contributed by atoms with van der Waals surface area (Å²) in [5.74, 6) is 0.677. The van der Waals surface area contributed by atoms with Crippen LogP contribution in [0.5, 0.6) is 0 Å². The number of rotatable bonds is 9. The number of sulfonamides is 1. The predicted octanol–water partition coefficient (Wildman–Crippen LogP) is 3.56. The molecule has 2 aromatic rings. The van der Waals surface area contributed by atoms with Gasteiger partial charge in [0.1, 0.15) is 0 Å². The molecule has 0 aliphatic heterocycles. The Morgan fingerprint density at radius 1 is 1.00 bits per heavy atom. The molecule has 0 saturated heterocycles. The number of hydrogen-bond acceptors (Lipinski definition) is 3. The summed E-state index contributed by atoms with van der Waals surface area (Å²) in [6.07, 6.45) is 1.04. The van der Waals surface area contributed by atoms with Crippen LogP contribution in [-0.4, -0.2) is 35.0 Å². The van der Waals surface area contributed by atoms with Gasteiger partial charge in [-0.15, -0.1) is 24.0 Å². The largest absolute Gasteiger partial charge is 0.356 e. The van der Waals surface area contributed by atoms with Crippen LogP contribution >= 0.6 is 24.0 Å². The van der Waals surface area contributed by atoms with Crippen molar-refractivity contribution in [2.75, 3.05) is 20.6 Å². The average molecular weight is 559 g/mol. The standard InChI is InChI=1S/C23H34N4O2S.HI/c1-6-18-10-12-21(13-11-18)23(2,3)17-27-22(24-4)26-15-19-8-7-9-20(14-19)16-30(28,29)25-5;/h7-14,25H,6,15-17H2,1-5H3,(H2,24,26,27);1H. The van der Waals surface area contributed by atoms with Crippen LogP contribution in [0, 0.1) is 0 Å². The van der Waals surface area contributed by atoms with Crippen molar-refractivity contribution in [2.24, 2.45) is 4.99 Å². The van der Waals surface area contributed by atoms with E-state index >= 15 is 0 Å². The topological polar surface area (TPSA) is 82.6 Å². The highest BCUT2D eigenvalue weighted by atomic mass is 127. The van der Waals surface area contributed by atoms with E-state index in [0.29, 0.717) is 12.5 Å². The van der Waals surface area contributed by atoms with Crippen molar-refractivity contribution < 1.29 is 8.42 Å². The van der Waals surface area contributed by atoms with Gasteiger partial charge >= 0.3 is 0 Å². The summed E-state index contributed by atoms with van der Waals surface area (Å²) in [6, 6.07) is 16.3. The Labute approximate surface area is 204 Å². The third-order valence-corrected chi connectivity index (χ3v) is 6.52. The number of nitrogens with zero attached hydrogens (tertiary/aromatic N) is 1. The van der Waals surface area contributed by atoms with Crippen LogP contribution in [-0.2, 0) is 34.2 Å². The maximum atomic E-state index is 11.8. The van der Waals surface area contributed by atoms with Gasteiger partial charge in [0.15, 0.2) is 5.96 Å². The summed E-state index contributed by atoms with van der Waals surface area (Å²) in [4.78, 5) is 4.31. The Kier molecular flexibility index (Phi) is 11.0. The van der Waals surface area contributed by atoms with Crippen LogP contribution in [0.25, 0.3) is 0 Å². The summed E-state index contributed by atoms with van der Waals surface area (Å²) < 4.78 is 25.9. The first kappa shape index (κ1) is 27.4. The fourth-order valence-corrected chi connectivity index (χ4v) is 3.89. The Morgan fingerprint density at radius 3 is 2.23 bits per heavy atom. The van der Waals surface area contributed by atoms with Crippen LogP contribution in [0.3, 0.4) is 0 Å². The third-order valence-electron chi connectivity index (χ3n) is 5.18. The van der Waals surface area contributed by atoms with Gasteiger partial charge in [-0.25, -0.2) is 13.1 Å². The number of aryl methyl sites for hydroxylation is 1. The SMILES string of the molecule is CCc1ccc(C(C)(C)CNC(=NC)NCc2cccc(CS(=O)(=O)NC)c2)cc1.I. The van der Waals surface area contributed by atoms with E-state index < -0.39 is 10.0 Å². The summed E-state index contributed by atoms with van der Waals surface area (Å²) in [5, 5.41) is 6.71. The van der Waals surface area contributed by atoms with E-state index in [2.05, 4.69) is 65.4 Å². The molecule has 0 bridgehead atoms. The van der Waals surface area contributed by atoms with Crippen molar-refractivity contribution in [1.29, 1.82) is 0 Å². The number of hydrogen-bond donors (Lipinski definition) is 3. The molecule has 0 fully saturated rings. The van der Waals surface area contributed by atoms with E-state index in [4.69, 9.17) is 0 Å². The maximum absolute atomic E-state index is 11.8. The zero-order chi connectivity index (χ0) is 22.2. The van der Waals surface area contributed by atoms with Gasteiger partial charge < -0.3 is 10.6 Å². The van der Waals surface area contributed by atoms with Crippen molar-refractivity contribution in [1.82, 2.24) is 15.4 Å². The first-order chi connectivity index (χ1) is 14.2. The van der Waals surface area contributed by atoms with E-state index in [1.807, 2.05) is 24.3 Å². The first-order valence-electron chi connectivity index (χ1n) is 10.2. The highest BCUT2D eigenvalue weighted by molar-refractivity contribution is 14.0. The zero-order valence-corrected chi connectivity index (χ0v) is 22.2. The molecule has 0 aromatic heterocycles. The molecule has 6 nitrogen and oxygen atoms in total. The van der Waals surface area contributed by atoms with Crippen molar-refractivity contribution in [3.05, 3.63) is 70.8 Å². The number of guanidine groups is 1. The van der Waals surface area contributed by atoms with Gasteiger partial charge in [-0.05, 0) is 35.7 Å². The number of nitrogens with one attached hydrogen (secondary N) is 3. The van der Waals surface area contributed by atoms with Crippen LogP contribution in [0.15, 0.2) is 53.5 Å². The minimum absolute atomic E-state index is 0. The lowest BCUT2D eigenvalue weighted by molar-refractivity contribution is 0.508. The zero-order valence-electron chi connectivity index (χ0n) is 19.0. The second-order valence-corrected chi connectivity index (χ2v) is 9.92. The molecule has 2 rings (SSSR count). The van der Waals surface area contributed by atoms with Gasteiger partial charge in [0, 0.05) is 25.6 Å². The van der Waals surface area contributed by atoms with Crippen molar-refractivity contribution >= 4 is 40.0 Å². The van der Waals surface area contributed by atoms with E-state index in [1.54, 1.807) is 7.05 Å². The molecule has 0 spiro atoms. The second-order valence-electron chi connectivity index (χ2n) is 8.00. The quantitative estimate of drug-likeness (QED) is 0.250. The highest BCUT2D eigenvalue weighted by Crippen LogP contribution is 2.22. The van der Waals surface area contributed by atoms with Gasteiger partial charge in [-0.2, -0.15) is 0 Å². The molecule has 0 unspecified atom stereocenters. The van der Waals surface area contributed by atoms with E-state index in [9.17, 15) is 8.42 Å². The molecular weight excluding hydrogens is 523 g/mol. The molecule has 3 N–H and O–H groups in total.